The molecule has 0 aromatic heterocycles. The minimum Gasteiger partial charge on any atom is -0.479 e. The Morgan fingerprint density at radius 1 is 1.24 bits per heavy atom. The molecule has 2 aromatic rings. The maximum atomic E-state index is 12.1. The zero-order valence-corrected chi connectivity index (χ0v) is 12.3. The summed E-state index contributed by atoms with van der Waals surface area (Å²) in [6.45, 7) is 1.63. The van der Waals surface area contributed by atoms with Gasteiger partial charge in [0.2, 0.25) is 0 Å². The molecule has 2 rings (SSSR count). The van der Waals surface area contributed by atoms with Gasteiger partial charge in [-0.05, 0) is 36.8 Å². The molecule has 0 radical (unpaired) electrons. The van der Waals surface area contributed by atoms with Gasteiger partial charge in [-0.25, -0.2) is 0 Å². The molecule has 5 heteroatoms. The van der Waals surface area contributed by atoms with Crippen molar-refractivity contribution in [3.63, 3.8) is 0 Å². The van der Waals surface area contributed by atoms with E-state index in [9.17, 15) is 4.79 Å². The van der Waals surface area contributed by atoms with Crippen LogP contribution in [0.25, 0.3) is 0 Å². The number of benzene rings is 2. The van der Waals surface area contributed by atoms with Gasteiger partial charge >= 0.3 is 0 Å². The number of aliphatic hydroxyl groups is 1. The number of halogens is 1. The van der Waals surface area contributed by atoms with Crippen LogP contribution in [0, 0.1) is 0 Å². The number of para-hydroxylation sites is 1. The third kappa shape index (κ3) is 4.21. The van der Waals surface area contributed by atoms with Crippen molar-refractivity contribution >= 4 is 23.2 Å². The lowest BCUT2D eigenvalue weighted by atomic mass is 10.2. The topological polar surface area (TPSA) is 58.6 Å². The van der Waals surface area contributed by atoms with Gasteiger partial charge in [0.25, 0.3) is 5.91 Å². The Morgan fingerprint density at radius 2 is 1.90 bits per heavy atom. The number of nitrogens with one attached hydrogen (secondary N) is 1. The van der Waals surface area contributed by atoms with Crippen molar-refractivity contribution in [1.29, 1.82) is 0 Å². The number of rotatable bonds is 5. The number of hydrogen-bond donors (Lipinski definition) is 2. The fourth-order valence-corrected chi connectivity index (χ4v) is 1.90. The van der Waals surface area contributed by atoms with Crippen molar-refractivity contribution < 1.29 is 14.6 Å². The van der Waals surface area contributed by atoms with Gasteiger partial charge in [-0.15, -0.1) is 0 Å². The van der Waals surface area contributed by atoms with Gasteiger partial charge in [0.15, 0.2) is 6.10 Å². The van der Waals surface area contributed by atoms with Crippen molar-refractivity contribution in [2.75, 3.05) is 5.32 Å². The van der Waals surface area contributed by atoms with E-state index in [-0.39, 0.29) is 12.5 Å². The molecule has 4 nitrogen and oxygen atoms in total. The SMILES string of the molecule is CC(Oc1ccccc1Cl)C(=O)Nc1ccc(CO)cc1. The highest BCUT2D eigenvalue weighted by Crippen LogP contribution is 2.24. The summed E-state index contributed by atoms with van der Waals surface area (Å²) in [6, 6.07) is 13.9. The minimum absolute atomic E-state index is 0.0275. The molecule has 2 aromatic carbocycles. The fourth-order valence-electron chi connectivity index (χ4n) is 1.72. The van der Waals surface area contributed by atoms with Gasteiger partial charge in [-0.1, -0.05) is 35.9 Å². The second-order valence-corrected chi connectivity index (χ2v) is 4.94. The molecule has 1 atom stereocenters. The van der Waals surface area contributed by atoms with Crippen LogP contribution in [-0.2, 0) is 11.4 Å². The van der Waals surface area contributed by atoms with Gasteiger partial charge in [0, 0.05) is 5.69 Å². The number of carbonyl (C=O) groups excluding carboxylic acids is 1. The van der Waals surface area contributed by atoms with Crippen molar-refractivity contribution in [3.05, 3.63) is 59.1 Å². The van der Waals surface area contributed by atoms with E-state index in [1.807, 2.05) is 0 Å². The predicted molar refractivity (Wildman–Crippen MR) is 82.5 cm³/mol. The molecule has 0 aliphatic carbocycles. The van der Waals surface area contributed by atoms with Crippen LogP contribution < -0.4 is 10.1 Å². The zero-order valence-electron chi connectivity index (χ0n) is 11.5. The molecule has 0 spiro atoms. The van der Waals surface area contributed by atoms with Crippen LogP contribution in [0.4, 0.5) is 5.69 Å². The Hall–Kier alpha value is -2.04. The first kappa shape index (κ1) is 15.4. The maximum absolute atomic E-state index is 12.1. The van der Waals surface area contributed by atoms with Crippen molar-refractivity contribution in [3.8, 4) is 5.75 Å². The van der Waals surface area contributed by atoms with Crippen molar-refractivity contribution in [2.24, 2.45) is 0 Å². The van der Waals surface area contributed by atoms with Gasteiger partial charge in [-0.2, -0.15) is 0 Å². The highest BCUT2D eigenvalue weighted by molar-refractivity contribution is 6.32. The largest absolute Gasteiger partial charge is 0.479 e. The van der Waals surface area contributed by atoms with Gasteiger partial charge < -0.3 is 15.2 Å². The Morgan fingerprint density at radius 3 is 2.52 bits per heavy atom. The van der Waals surface area contributed by atoms with Crippen LogP contribution in [0.1, 0.15) is 12.5 Å². The molecule has 0 heterocycles. The standard InChI is InChI=1S/C16H16ClNO3/c1-11(21-15-5-3-2-4-14(15)17)16(20)18-13-8-6-12(10-19)7-9-13/h2-9,11,19H,10H2,1H3,(H,18,20). The molecule has 0 fully saturated rings. The average Bonchev–Trinajstić information content (AvgIpc) is 2.50. The molecule has 0 aliphatic heterocycles. The summed E-state index contributed by atoms with van der Waals surface area (Å²) in [5, 5.41) is 12.2. The normalized spacial score (nSPS) is 11.8. The number of anilines is 1. The van der Waals surface area contributed by atoms with Crippen LogP contribution in [0.2, 0.25) is 5.02 Å². The highest BCUT2D eigenvalue weighted by atomic mass is 35.5. The molecule has 110 valence electrons. The summed E-state index contributed by atoms with van der Waals surface area (Å²) in [4.78, 5) is 12.1. The van der Waals surface area contributed by atoms with Gasteiger partial charge in [0.1, 0.15) is 5.75 Å². The third-order valence-corrected chi connectivity index (χ3v) is 3.23. The first-order chi connectivity index (χ1) is 10.1. The number of hydrogen-bond acceptors (Lipinski definition) is 3. The first-order valence-electron chi connectivity index (χ1n) is 6.52. The third-order valence-electron chi connectivity index (χ3n) is 2.91. The molecular weight excluding hydrogens is 290 g/mol. The first-order valence-corrected chi connectivity index (χ1v) is 6.90. The number of carbonyl (C=O) groups is 1. The molecule has 0 bridgehead atoms. The van der Waals surface area contributed by atoms with Crippen LogP contribution in [-0.4, -0.2) is 17.1 Å². The van der Waals surface area contributed by atoms with Crippen molar-refractivity contribution in [2.45, 2.75) is 19.6 Å². The lowest BCUT2D eigenvalue weighted by Crippen LogP contribution is -2.30. The predicted octanol–water partition coefficient (Wildman–Crippen LogP) is 3.24. The molecule has 21 heavy (non-hydrogen) atoms. The van der Waals surface area contributed by atoms with E-state index in [0.717, 1.165) is 5.56 Å². The van der Waals surface area contributed by atoms with Crippen LogP contribution in [0.5, 0.6) is 5.75 Å². The maximum Gasteiger partial charge on any atom is 0.265 e. The van der Waals surface area contributed by atoms with E-state index in [0.29, 0.717) is 16.5 Å². The smallest absolute Gasteiger partial charge is 0.265 e. The second kappa shape index (κ2) is 7.11. The van der Waals surface area contributed by atoms with Crippen LogP contribution in [0.15, 0.2) is 48.5 Å². The van der Waals surface area contributed by atoms with E-state index < -0.39 is 6.10 Å². The van der Waals surface area contributed by atoms with Crippen LogP contribution >= 0.6 is 11.6 Å². The van der Waals surface area contributed by atoms with E-state index in [2.05, 4.69) is 5.32 Å². The molecule has 0 saturated heterocycles. The molecule has 0 aliphatic rings. The second-order valence-electron chi connectivity index (χ2n) is 4.53. The fraction of sp³-hybridized carbons (Fsp3) is 0.188. The average molecular weight is 306 g/mol. The zero-order chi connectivity index (χ0) is 15.2. The van der Waals surface area contributed by atoms with E-state index in [1.165, 1.54) is 0 Å². The molecule has 0 saturated carbocycles. The molecule has 2 N–H and O–H groups in total. The lowest BCUT2D eigenvalue weighted by molar-refractivity contribution is -0.122. The van der Waals surface area contributed by atoms with E-state index >= 15 is 0 Å². The Bertz CT molecular complexity index is 613. The Kier molecular flexibility index (Phi) is 5.20. The summed E-state index contributed by atoms with van der Waals surface area (Å²) in [5.74, 6) is 0.198. The minimum atomic E-state index is -0.678. The monoisotopic (exact) mass is 305 g/mol. The number of amides is 1. The summed E-state index contributed by atoms with van der Waals surface area (Å²) in [6.07, 6.45) is -0.678. The van der Waals surface area contributed by atoms with E-state index in [4.69, 9.17) is 21.4 Å². The molecule has 1 unspecified atom stereocenters. The van der Waals surface area contributed by atoms with E-state index in [1.54, 1.807) is 55.5 Å². The summed E-state index contributed by atoms with van der Waals surface area (Å²) in [5.41, 5.74) is 1.43. The van der Waals surface area contributed by atoms with Crippen molar-refractivity contribution in [1.82, 2.24) is 0 Å². The molecule has 1 amide bonds. The van der Waals surface area contributed by atoms with Gasteiger partial charge in [-0.3, -0.25) is 4.79 Å². The quantitative estimate of drug-likeness (QED) is 0.891. The number of ether oxygens (including phenoxy) is 1. The number of aliphatic hydroxyl groups excluding tert-OH is 1. The Balaban J connectivity index is 1.97. The molecular formula is C16H16ClNO3. The van der Waals surface area contributed by atoms with Crippen LogP contribution in [0.3, 0.4) is 0 Å². The Labute approximate surface area is 128 Å². The lowest BCUT2D eigenvalue weighted by Gasteiger charge is -2.15. The highest BCUT2D eigenvalue weighted by Gasteiger charge is 2.16. The summed E-state index contributed by atoms with van der Waals surface area (Å²) in [7, 11) is 0. The van der Waals surface area contributed by atoms with Gasteiger partial charge in [0.05, 0.1) is 11.6 Å². The summed E-state index contributed by atoms with van der Waals surface area (Å²) >= 11 is 5.99. The summed E-state index contributed by atoms with van der Waals surface area (Å²) < 4.78 is 5.54.